The quantitative estimate of drug-likeness (QED) is 0.766. The fourth-order valence-electron chi connectivity index (χ4n) is 1.71. The van der Waals surface area contributed by atoms with Crippen LogP contribution in [0.2, 0.25) is 0 Å². The van der Waals surface area contributed by atoms with Crippen molar-refractivity contribution in [3.05, 3.63) is 30.4 Å². The van der Waals surface area contributed by atoms with Crippen LogP contribution in [0.1, 0.15) is 24.1 Å². The molecule has 0 aromatic carbocycles. The van der Waals surface area contributed by atoms with Crippen LogP contribution in [0.25, 0.3) is 0 Å². The van der Waals surface area contributed by atoms with Crippen molar-refractivity contribution >= 4 is 0 Å². The number of imidazole rings is 1. The predicted molar refractivity (Wildman–Crippen MR) is 59.7 cm³/mol. The summed E-state index contributed by atoms with van der Waals surface area (Å²) in [6.45, 7) is 0. The molecule has 0 aliphatic rings. The number of hydrogen-bond donors (Lipinski definition) is 2. The van der Waals surface area contributed by atoms with E-state index in [4.69, 9.17) is 0 Å². The molecule has 6 heteroatoms. The molecule has 1 atom stereocenters. The lowest BCUT2D eigenvalue weighted by Gasteiger charge is -2.12. The topological polar surface area (TPSA) is 71.4 Å². The molecule has 6 nitrogen and oxygen atoms in total. The van der Waals surface area contributed by atoms with Crippen LogP contribution in [-0.2, 0) is 13.5 Å². The van der Waals surface area contributed by atoms with Crippen molar-refractivity contribution in [1.29, 1.82) is 0 Å². The van der Waals surface area contributed by atoms with Gasteiger partial charge in [0, 0.05) is 25.9 Å². The molecule has 2 rings (SSSR count). The minimum atomic E-state index is 0.194. The van der Waals surface area contributed by atoms with Gasteiger partial charge in [-0.1, -0.05) is 0 Å². The first-order valence-corrected chi connectivity index (χ1v) is 5.30. The number of nitrogens with one attached hydrogen (secondary N) is 2. The molecule has 0 saturated heterocycles. The summed E-state index contributed by atoms with van der Waals surface area (Å²) in [5, 5.41) is 9.95. The summed E-state index contributed by atoms with van der Waals surface area (Å²) >= 11 is 0. The van der Waals surface area contributed by atoms with Gasteiger partial charge in [0.05, 0.1) is 6.04 Å². The van der Waals surface area contributed by atoms with Crippen molar-refractivity contribution in [2.24, 2.45) is 7.05 Å². The van der Waals surface area contributed by atoms with E-state index >= 15 is 0 Å². The Morgan fingerprint density at radius 2 is 2.38 bits per heavy atom. The van der Waals surface area contributed by atoms with Gasteiger partial charge in [0.15, 0.2) is 0 Å². The fraction of sp³-hybridized carbons (Fsp3) is 0.500. The Morgan fingerprint density at radius 3 is 2.94 bits per heavy atom. The average molecular weight is 220 g/mol. The Balaban J connectivity index is 1.96. The van der Waals surface area contributed by atoms with Crippen molar-refractivity contribution in [1.82, 2.24) is 30.0 Å². The first-order valence-electron chi connectivity index (χ1n) is 5.30. The lowest BCUT2D eigenvalue weighted by atomic mass is 10.1. The summed E-state index contributed by atoms with van der Waals surface area (Å²) in [5.41, 5.74) is 0. The number of H-pyrrole nitrogens is 1. The summed E-state index contributed by atoms with van der Waals surface area (Å²) in [6.07, 6.45) is 7.16. The second-order valence-corrected chi connectivity index (χ2v) is 3.71. The second kappa shape index (κ2) is 4.89. The Bertz CT molecular complexity index is 418. The van der Waals surface area contributed by atoms with Crippen LogP contribution < -0.4 is 5.32 Å². The first-order chi connectivity index (χ1) is 7.81. The zero-order valence-corrected chi connectivity index (χ0v) is 9.51. The number of aryl methyl sites for hydroxylation is 2. The Labute approximate surface area is 94.1 Å². The molecule has 0 bridgehead atoms. The standard InChI is InChI=1S/C10H16N6/c1-11-8(10-13-7-14-15-10)3-4-9-12-5-6-16(9)2/h5-8,11H,3-4H2,1-2H3,(H,13,14,15). The number of aromatic nitrogens is 5. The van der Waals surface area contributed by atoms with E-state index in [1.165, 1.54) is 6.33 Å². The Kier molecular flexibility index (Phi) is 3.31. The molecule has 0 saturated carbocycles. The van der Waals surface area contributed by atoms with E-state index in [0.717, 1.165) is 24.5 Å². The van der Waals surface area contributed by atoms with Crippen LogP contribution >= 0.6 is 0 Å². The fourth-order valence-corrected chi connectivity index (χ4v) is 1.71. The van der Waals surface area contributed by atoms with E-state index in [1.54, 1.807) is 0 Å². The van der Waals surface area contributed by atoms with Crippen LogP contribution in [0.4, 0.5) is 0 Å². The molecule has 0 amide bonds. The third kappa shape index (κ3) is 2.27. The van der Waals surface area contributed by atoms with E-state index in [0.29, 0.717) is 0 Å². The maximum Gasteiger partial charge on any atom is 0.141 e. The smallest absolute Gasteiger partial charge is 0.141 e. The number of nitrogens with zero attached hydrogens (tertiary/aromatic N) is 4. The molecule has 2 aromatic rings. The van der Waals surface area contributed by atoms with Gasteiger partial charge < -0.3 is 9.88 Å². The van der Waals surface area contributed by atoms with E-state index in [1.807, 2.05) is 31.1 Å². The van der Waals surface area contributed by atoms with Gasteiger partial charge in [0.2, 0.25) is 0 Å². The number of rotatable bonds is 5. The molecule has 0 radical (unpaired) electrons. The first kappa shape index (κ1) is 10.8. The maximum atomic E-state index is 4.29. The monoisotopic (exact) mass is 220 g/mol. The highest BCUT2D eigenvalue weighted by atomic mass is 15.2. The van der Waals surface area contributed by atoms with Gasteiger partial charge in [-0.15, -0.1) is 0 Å². The molecule has 1 unspecified atom stereocenters. The Morgan fingerprint density at radius 1 is 1.50 bits per heavy atom. The summed E-state index contributed by atoms with van der Waals surface area (Å²) in [4.78, 5) is 8.45. The van der Waals surface area contributed by atoms with Gasteiger partial charge in [-0.25, -0.2) is 9.97 Å². The van der Waals surface area contributed by atoms with Gasteiger partial charge >= 0.3 is 0 Å². The third-order valence-electron chi connectivity index (χ3n) is 2.69. The molecule has 2 heterocycles. The maximum absolute atomic E-state index is 4.29. The number of hydrogen-bond acceptors (Lipinski definition) is 4. The van der Waals surface area contributed by atoms with Gasteiger partial charge in [-0.3, -0.25) is 5.10 Å². The average Bonchev–Trinajstić information content (AvgIpc) is 2.92. The molecule has 86 valence electrons. The highest BCUT2D eigenvalue weighted by Gasteiger charge is 2.12. The second-order valence-electron chi connectivity index (χ2n) is 3.71. The minimum absolute atomic E-state index is 0.194. The van der Waals surface area contributed by atoms with Crippen molar-refractivity contribution in [3.8, 4) is 0 Å². The van der Waals surface area contributed by atoms with Crippen molar-refractivity contribution in [2.75, 3.05) is 7.05 Å². The van der Waals surface area contributed by atoms with Crippen LogP contribution in [-0.4, -0.2) is 31.8 Å². The zero-order valence-electron chi connectivity index (χ0n) is 9.51. The Hall–Kier alpha value is -1.69. The van der Waals surface area contributed by atoms with E-state index in [2.05, 4.69) is 25.5 Å². The molecule has 2 N–H and O–H groups in total. The lowest BCUT2D eigenvalue weighted by molar-refractivity contribution is 0.511. The molecule has 0 spiro atoms. The molecule has 0 aliphatic carbocycles. The van der Waals surface area contributed by atoms with Gasteiger partial charge in [-0.2, -0.15) is 5.10 Å². The molecular formula is C10H16N6. The minimum Gasteiger partial charge on any atom is -0.338 e. The summed E-state index contributed by atoms with van der Waals surface area (Å²) in [7, 11) is 3.93. The van der Waals surface area contributed by atoms with Crippen LogP contribution in [0, 0.1) is 0 Å². The van der Waals surface area contributed by atoms with Crippen LogP contribution in [0.5, 0.6) is 0 Å². The molecular weight excluding hydrogens is 204 g/mol. The highest BCUT2D eigenvalue weighted by Crippen LogP contribution is 2.13. The molecule has 0 fully saturated rings. The predicted octanol–water partition coefficient (Wildman–Crippen LogP) is 0.431. The van der Waals surface area contributed by atoms with Gasteiger partial charge in [0.25, 0.3) is 0 Å². The highest BCUT2D eigenvalue weighted by molar-refractivity contribution is 4.96. The van der Waals surface area contributed by atoms with Crippen LogP contribution in [0.3, 0.4) is 0 Å². The van der Waals surface area contributed by atoms with E-state index < -0.39 is 0 Å². The third-order valence-corrected chi connectivity index (χ3v) is 2.69. The van der Waals surface area contributed by atoms with E-state index in [-0.39, 0.29) is 6.04 Å². The summed E-state index contributed by atoms with van der Waals surface area (Å²) in [5.74, 6) is 1.96. The van der Waals surface area contributed by atoms with E-state index in [9.17, 15) is 0 Å². The molecule has 16 heavy (non-hydrogen) atoms. The van der Waals surface area contributed by atoms with Crippen molar-refractivity contribution in [3.63, 3.8) is 0 Å². The normalized spacial score (nSPS) is 12.9. The summed E-state index contributed by atoms with van der Waals surface area (Å²) < 4.78 is 2.03. The zero-order chi connectivity index (χ0) is 11.4. The lowest BCUT2D eigenvalue weighted by Crippen LogP contribution is -2.19. The molecule has 2 aromatic heterocycles. The van der Waals surface area contributed by atoms with Crippen molar-refractivity contribution < 1.29 is 0 Å². The largest absolute Gasteiger partial charge is 0.338 e. The SMILES string of the molecule is CNC(CCc1nccn1C)c1ncn[nH]1. The van der Waals surface area contributed by atoms with Crippen LogP contribution in [0.15, 0.2) is 18.7 Å². The van der Waals surface area contributed by atoms with Gasteiger partial charge in [0.1, 0.15) is 18.0 Å². The van der Waals surface area contributed by atoms with Gasteiger partial charge in [-0.05, 0) is 13.5 Å². The van der Waals surface area contributed by atoms with Crippen molar-refractivity contribution in [2.45, 2.75) is 18.9 Å². The number of aromatic amines is 1. The summed E-state index contributed by atoms with van der Waals surface area (Å²) in [6, 6.07) is 0.194. The molecule has 0 aliphatic heterocycles.